The second-order valence-electron chi connectivity index (χ2n) is 4.03. The molecule has 2 rings (SSSR count). The zero-order valence-electron chi connectivity index (χ0n) is 10.0. The Hall–Kier alpha value is -1.88. The number of aliphatic carboxylic acids is 1. The maximum atomic E-state index is 10.7. The van der Waals surface area contributed by atoms with Gasteiger partial charge in [-0.1, -0.05) is 16.8 Å². The maximum absolute atomic E-state index is 10.7. The molecule has 2 aromatic rings. The van der Waals surface area contributed by atoms with Gasteiger partial charge in [-0.05, 0) is 37.6 Å². The molecular formula is C12H12ClN3O2. The predicted octanol–water partition coefficient (Wildman–Crippen LogP) is 2.16. The van der Waals surface area contributed by atoms with Crippen LogP contribution in [0.5, 0.6) is 0 Å². The van der Waals surface area contributed by atoms with Crippen LogP contribution in [0.1, 0.15) is 17.0 Å². The number of aromatic nitrogens is 3. The number of hydrogen-bond acceptors (Lipinski definition) is 3. The Bertz CT molecular complexity index is 607. The predicted molar refractivity (Wildman–Crippen MR) is 67.2 cm³/mol. The van der Waals surface area contributed by atoms with Crippen molar-refractivity contribution in [3.05, 3.63) is 40.2 Å². The summed E-state index contributed by atoms with van der Waals surface area (Å²) in [4.78, 5) is 10.7. The molecule has 1 aromatic heterocycles. The second kappa shape index (κ2) is 4.78. The lowest BCUT2D eigenvalue weighted by molar-refractivity contribution is -0.136. The van der Waals surface area contributed by atoms with Gasteiger partial charge in [0, 0.05) is 5.02 Å². The van der Waals surface area contributed by atoms with Crippen molar-refractivity contribution in [2.24, 2.45) is 0 Å². The van der Waals surface area contributed by atoms with E-state index in [2.05, 4.69) is 10.3 Å². The molecule has 0 saturated carbocycles. The van der Waals surface area contributed by atoms with E-state index in [0.717, 1.165) is 16.9 Å². The summed E-state index contributed by atoms with van der Waals surface area (Å²) >= 11 is 5.90. The van der Waals surface area contributed by atoms with Crippen LogP contribution in [0.15, 0.2) is 18.2 Å². The van der Waals surface area contributed by atoms with Crippen molar-refractivity contribution in [1.82, 2.24) is 15.0 Å². The number of rotatable bonds is 3. The zero-order valence-corrected chi connectivity index (χ0v) is 10.8. The van der Waals surface area contributed by atoms with E-state index in [9.17, 15) is 4.79 Å². The number of carboxylic acids is 1. The van der Waals surface area contributed by atoms with Crippen LogP contribution in [-0.2, 0) is 11.2 Å². The highest BCUT2D eigenvalue weighted by Gasteiger charge is 2.14. The molecule has 0 saturated heterocycles. The average molecular weight is 266 g/mol. The Balaban J connectivity index is 2.45. The van der Waals surface area contributed by atoms with Gasteiger partial charge in [-0.2, -0.15) is 0 Å². The van der Waals surface area contributed by atoms with Gasteiger partial charge >= 0.3 is 5.97 Å². The lowest BCUT2D eigenvalue weighted by Crippen LogP contribution is -2.04. The van der Waals surface area contributed by atoms with Crippen molar-refractivity contribution in [1.29, 1.82) is 0 Å². The van der Waals surface area contributed by atoms with Gasteiger partial charge < -0.3 is 5.11 Å². The number of halogens is 1. The standard InChI is InChI=1S/C12H12ClN3O2/c1-7-5-9(13)3-4-11(7)16-8(2)10(14-15-16)6-12(17)18/h3-5H,6H2,1-2H3,(H,17,18). The van der Waals surface area contributed by atoms with Crippen molar-refractivity contribution < 1.29 is 9.90 Å². The molecule has 1 aromatic carbocycles. The van der Waals surface area contributed by atoms with Crippen LogP contribution >= 0.6 is 11.6 Å². The third-order valence-electron chi connectivity index (χ3n) is 2.70. The SMILES string of the molecule is Cc1cc(Cl)ccc1-n1nnc(CC(=O)O)c1C. The molecule has 18 heavy (non-hydrogen) atoms. The first-order chi connectivity index (χ1) is 8.49. The quantitative estimate of drug-likeness (QED) is 0.923. The van der Waals surface area contributed by atoms with Crippen molar-refractivity contribution in [2.75, 3.05) is 0 Å². The maximum Gasteiger partial charge on any atom is 0.309 e. The fourth-order valence-electron chi connectivity index (χ4n) is 1.75. The van der Waals surface area contributed by atoms with Crippen LogP contribution in [0.4, 0.5) is 0 Å². The molecule has 0 atom stereocenters. The Morgan fingerprint density at radius 1 is 1.44 bits per heavy atom. The summed E-state index contributed by atoms with van der Waals surface area (Å²) in [6.07, 6.45) is -0.127. The summed E-state index contributed by atoms with van der Waals surface area (Å²) in [6.45, 7) is 3.71. The Morgan fingerprint density at radius 2 is 2.17 bits per heavy atom. The molecule has 0 bridgehead atoms. The molecule has 1 heterocycles. The monoisotopic (exact) mass is 265 g/mol. The van der Waals surface area contributed by atoms with E-state index in [1.165, 1.54) is 0 Å². The van der Waals surface area contributed by atoms with Crippen molar-refractivity contribution >= 4 is 17.6 Å². The van der Waals surface area contributed by atoms with Gasteiger partial charge in [0.15, 0.2) is 0 Å². The first kappa shape index (κ1) is 12.6. The zero-order chi connectivity index (χ0) is 13.3. The minimum absolute atomic E-state index is 0.127. The smallest absolute Gasteiger partial charge is 0.309 e. The average Bonchev–Trinajstić information content (AvgIpc) is 2.60. The van der Waals surface area contributed by atoms with E-state index in [1.807, 2.05) is 19.1 Å². The summed E-state index contributed by atoms with van der Waals surface area (Å²) in [5, 5.41) is 17.3. The summed E-state index contributed by atoms with van der Waals surface area (Å²) in [6, 6.07) is 5.43. The first-order valence-corrected chi connectivity index (χ1v) is 5.76. The Kier molecular flexibility index (Phi) is 3.34. The lowest BCUT2D eigenvalue weighted by atomic mass is 10.2. The molecule has 6 heteroatoms. The third-order valence-corrected chi connectivity index (χ3v) is 2.93. The molecule has 1 N–H and O–H groups in total. The molecule has 94 valence electrons. The number of carbonyl (C=O) groups is 1. The van der Waals surface area contributed by atoms with Gasteiger partial charge in [-0.25, -0.2) is 4.68 Å². The largest absolute Gasteiger partial charge is 0.481 e. The van der Waals surface area contributed by atoms with E-state index >= 15 is 0 Å². The highest BCUT2D eigenvalue weighted by atomic mass is 35.5. The van der Waals surface area contributed by atoms with Crippen LogP contribution in [0.2, 0.25) is 5.02 Å². The number of benzene rings is 1. The van der Waals surface area contributed by atoms with E-state index in [4.69, 9.17) is 16.7 Å². The van der Waals surface area contributed by atoms with Crippen LogP contribution in [0, 0.1) is 13.8 Å². The van der Waals surface area contributed by atoms with Crippen LogP contribution in [-0.4, -0.2) is 26.1 Å². The molecule has 0 aliphatic rings. The van der Waals surface area contributed by atoms with Crippen LogP contribution in [0.25, 0.3) is 5.69 Å². The molecule has 0 aliphatic heterocycles. The lowest BCUT2D eigenvalue weighted by Gasteiger charge is -2.07. The Labute approximate surface area is 109 Å². The van der Waals surface area contributed by atoms with Gasteiger partial charge in [0.25, 0.3) is 0 Å². The summed E-state index contributed by atoms with van der Waals surface area (Å²) < 4.78 is 1.63. The highest BCUT2D eigenvalue weighted by Crippen LogP contribution is 2.20. The molecule has 0 amide bonds. The number of carboxylic acid groups (broad SMARTS) is 1. The van der Waals surface area contributed by atoms with Crippen molar-refractivity contribution in [2.45, 2.75) is 20.3 Å². The second-order valence-corrected chi connectivity index (χ2v) is 4.47. The molecule has 0 radical (unpaired) electrons. The normalized spacial score (nSPS) is 10.6. The molecule has 0 spiro atoms. The summed E-state index contributed by atoms with van der Waals surface area (Å²) in [5.41, 5.74) is 3.00. The van der Waals surface area contributed by atoms with Gasteiger partial charge in [0.05, 0.1) is 23.5 Å². The van der Waals surface area contributed by atoms with Crippen LogP contribution in [0.3, 0.4) is 0 Å². The first-order valence-electron chi connectivity index (χ1n) is 5.38. The summed E-state index contributed by atoms with van der Waals surface area (Å²) in [5.74, 6) is -0.919. The van der Waals surface area contributed by atoms with Crippen LogP contribution < -0.4 is 0 Å². The topological polar surface area (TPSA) is 68.0 Å². The fourth-order valence-corrected chi connectivity index (χ4v) is 1.98. The number of hydrogen-bond donors (Lipinski definition) is 1. The van der Waals surface area contributed by atoms with Gasteiger partial charge in [0.2, 0.25) is 0 Å². The molecule has 0 unspecified atom stereocenters. The summed E-state index contributed by atoms with van der Waals surface area (Å²) in [7, 11) is 0. The number of aryl methyl sites for hydroxylation is 1. The fraction of sp³-hybridized carbons (Fsp3) is 0.250. The van der Waals surface area contributed by atoms with Gasteiger partial charge in [-0.3, -0.25) is 4.79 Å². The van der Waals surface area contributed by atoms with E-state index in [1.54, 1.807) is 17.7 Å². The minimum Gasteiger partial charge on any atom is -0.481 e. The number of nitrogens with zero attached hydrogens (tertiary/aromatic N) is 3. The van der Waals surface area contributed by atoms with Crippen molar-refractivity contribution in [3.8, 4) is 5.69 Å². The van der Waals surface area contributed by atoms with E-state index < -0.39 is 5.97 Å². The molecule has 0 fully saturated rings. The van der Waals surface area contributed by atoms with Gasteiger partial charge in [-0.15, -0.1) is 5.10 Å². The minimum atomic E-state index is -0.919. The Morgan fingerprint density at radius 3 is 2.78 bits per heavy atom. The van der Waals surface area contributed by atoms with Gasteiger partial charge in [0.1, 0.15) is 0 Å². The molecular weight excluding hydrogens is 254 g/mol. The van der Waals surface area contributed by atoms with E-state index in [0.29, 0.717) is 10.7 Å². The molecule has 5 nitrogen and oxygen atoms in total. The van der Waals surface area contributed by atoms with Crippen molar-refractivity contribution in [3.63, 3.8) is 0 Å². The van der Waals surface area contributed by atoms with E-state index in [-0.39, 0.29) is 6.42 Å². The highest BCUT2D eigenvalue weighted by molar-refractivity contribution is 6.30. The molecule has 0 aliphatic carbocycles. The third kappa shape index (κ3) is 2.36.